The summed E-state index contributed by atoms with van der Waals surface area (Å²) in [6, 6.07) is 17.9. The Labute approximate surface area is 186 Å². The van der Waals surface area contributed by atoms with E-state index in [-0.39, 0.29) is 32.5 Å². The first-order valence-corrected chi connectivity index (χ1v) is 11.1. The van der Waals surface area contributed by atoms with Crippen molar-refractivity contribution < 1.29 is 36.8 Å². The predicted molar refractivity (Wildman–Crippen MR) is 119 cm³/mol. The lowest BCUT2D eigenvalue weighted by molar-refractivity contribution is 0.0695. The van der Waals surface area contributed by atoms with E-state index >= 15 is 0 Å². The van der Waals surface area contributed by atoms with E-state index in [2.05, 4.69) is 0 Å². The maximum Gasteiger partial charge on any atom is 0.339 e. The first-order valence-electron chi connectivity index (χ1n) is 9.64. The molecule has 2 N–H and O–H groups in total. The molecule has 0 unspecified atom stereocenters. The fourth-order valence-electron chi connectivity index (χ4n) is 3.88. The Kier molecular flexibility index (Phi) is 4.57. The van der Waals surface area contributed by atoms with Gasteiger partial charge in [0.25, 0.3) is 0 Å². The second-order valence-electron chi connectivity index (χ2n) is 7.24. The molecule has 0 fully saturated rings. The summed E-state index contributed by atoms with van der Waals surface area (Å²) in [5, 5.41) is 20.2. The molecule has 1 heterocycles. The lowest BCUT2D eigenvalue weighted by Gasteiger charge is -2.13. The van der Waals surface area contributed by atoms with E-state index in [0.29, 0.717) is 16.6 Å². The Morgan fingerprint density at radius 3 is 2.15 bits per heavy atom. The van der Waals surface area contributed by atoms with Gasteiger partial charge in [-0.25, -0.2) is 9.59 Å². The van der Waals surface area contributed by atoms with Gasteiger partial charge in [0, 0.05) is 21.5 Å². The molecule has 4 aromatic carbocycles. The van der Waals surface area contributed by atoms with Crippen LogP contribution >= 0.6 is 0 Å². The zero-order chi connectivity index (χ0) is 23.3. The van der Waals surface area contributed by atoms with Crippen molar-refractivity contribution in [2.45, 2.75) is 4.90 Å². The van der Waals surface area contributed by atoms with Gasteiger partial charge in [0.15, 0.2) is 0 Å². The molecule has 0 spiro atoms. The summed E-state index contributed by atoms with van der Waals surface area (Å²) in [6.07, 6.45) is 0. The summed E-state index contributed by atoms with van der Waals surface area (Å²) >= 11 is 0. The Hall–Kier alpha value is -4.37. The minimum atomic E-state index is -4.45. The molecule has 0 atom stereocenters. The van der Waals surface area contributed by atoms with Gasteiger partial charge in [-0.15, -0.1) is 0 Å². The van der Waals surface area contributed by atoms with Crippen LogP contribution in [0, 0.1) is 0 Å². The number of para-hydroxylation sites is 1. The molecule has 0 saturated heterocycles. The van der Waals surface area contributed by atoms with Crippen LogP contribution in [0.3, 0.4) is 0 Å². The highest BCUT2D eigenvalue weighted by molar-refractivity contribution is 7.87. The van der Waals surface area contributed by atoms with Gasteiger partial charge in [0.2, 0.25) is 0 Å². The maximum atomic E-state index is 13.2. The maximum absolute atomic E-state index is 13.2. The summed E-state index contributed by atoms with van der Waals surface area (Å²) in [6.45, 7) is 0. The van der Waals surface area contributed by atoms with Crippen LogP contribution in [-0.2, 0) is 10.1 Å². The largest absolute Gasteiger partial charge is 0.478 e. The molecule has 0 bridgehead atoms. The van der Waals surface area contributed by atoms with Crippen LogP contribution in [-0.4, -0.2) is 30.6 Å². The van der Waals surface area contributed by atoms with Crippen molar-refractivity contribution >= 4 is 54.8 Å². The fraction of sp³-hybridized carbons (Fsp3) is 0. The Morgan fingerprint density at radius 2 is 1.39 bits per heavy atom. The van der Waals surface area contributed by atoms with E-state index in [1.807, 2.05) is 18.2 Å². The standard InChI is InChI=1S/C24H14O8S/c25-23(26)16-6-3-5-15-21(11-9-17(22(15)16)24(27)28)33(29,30)32-13-8-10-20-18(12-13)14-4-1-2-7-19(14)31-20/h1-12H,(H,25,26)(H,27,28). The molecule has 0 saturated carbocycles. The third-order valence-corrected chi connectivity index (χ3v) is 6.59. The van der Waals surface area contributed by atoms with Gasteiger partial charge in [-0.05, 0) is 42.5 Å². The normalized spacial score (nSPS) is 11.8. The first-order chi connectivity index (χ1) is 15.8. The van der Waals surface area contributed by atoms with Crippen LogP contribution in [0.15, 0.2) is 82.1 Å². The molecule has 0 amide bonds. The molecule has 9 heteroatoms. The van der Waals surface area contributed by atoms with Crippen molar-refractivity contribution in [1.29, 1.82) is 0 Å². The monoisotopic (exact) mass is 462 g/mol. The summed E-state index contributed by atoms with van der Waals surface area (Å²) in [4.78, 5) is 23.0. The van der Waals surface area contributed by atoms with Crippen LogP contribution in [0.25, 0.3) is 32.7 Å². The molecule has 164 valence electrons. The van der Waals surface area contributed by atoms with E-state index in [4.69, 9.17) is 8.60 Å². The van der Waals surface area contributed by atoms with Crippen molar-refractivity contribution in [3.63, 3.8) is 0 Å². The van der Waals surface area contributed by atoms with Gasteiger partial charge in [-0.1, -0.05) is 30.3 Å². The SMILES string of the molecule is O=C(O)c1cccc2c(S(=O)(=O)Oc3ccc4oc5ccccc5c4c3)ccc(C(=O)O)c12. The van der Waals surface area contributed by atoms with Crippen LogP contribution < -0.4 is 4.18 Å². The number of carboxylic acids is 2. The van der Waals surface area contributed by atoms with Crippen molar-refractivity contribution in [2.75, 3.05) is 0 Å². The van der Waals surface area contributed by atoms with Crippen LogP contribution in [0.4, 0.5) is 0 Å². The Balaban J connectivity index is 1.66. The summed E-state index contributed by atoms with van der Waals surface area (Å²) in [7, 11) is -4.45. The molecular formula is C24H14O8S. The van der Waals surface area contributed by atoms with E-state index in [1.54, 1.807) is 12.1 Å². The highest BCUT2D eigenvalue weighted by Crippen LogP contribution is 2.34. The minimum absolute atomic E-state index is 0.0268. The average molecular weight is 462 g/mol. The molecular weight excluding hydrogens is 448 g/mol. The first kappa shape index (κ1) is 20.5. The van der Waals surface area contributed by atoms with Crippen LogP contribution in [0.1, 0.15) is 20.7 Å². The molecule has 0 aliphatic rings. The zero-order valence-electron chi connectivity index (χ0n) is 16.7. The number of aromatic carboxylic acids is 2. The highest BCUT2D eigenvalue weighted by Gasteiger charge is 2.25. The molecule has 8 nitrogen and oxygen atoms in total. The predicted octanol–water partition coefficient (Wildman–Crippen LogP) is 4.90. The van der Waals surface area contributed by atoms with E-state index in [1.165, 1.54) is 30.3 Å². The lowest BCUT2D eigenvalue weighted by Crippen LogP contribution is -2.12. The van der Waals surface area contributed by atoms with Crippen molar-refractivity contribution in [2.24, 2.45) is 0 Å². The number of fused-ring (bicyclic) bond motifs is 4. The molecule has 5 aromatic rings. The summed E-state index contributed by atoms with van der Waals surface area (Å²) in [5.41, 5.74) is 0.550. The van der Waals surface area contributed by atoms with Crippen molar-refractivity contribution in [3.8, 4) is 5.75 Å². The van der Waals surface area contributed by atoms with Gasteiger partial charge in [0.1, 0.15) is 21.8 Å². The molecule has 0 aliphatic carbocycles. The van der Waals surface area contributed by atoms with Crippen molar-refractivity contribution in [1.82, 2.24) is 0 Å². The van der Waals surface area contributed by atoms with Crippen LogP contribution in [0.2, 0.25) is 0 Å². The number of benzene rings is 4. The third kappa shape index (κ3) is 3.35. The van der Waals surface area contributed by atoms with Crippen molar-refractivity contribution in [3.05, 3.63) is 83.9 Å². The molecule has 5 rings (SSSR count). The molecule has 0 aliphatic heterocycles. The molecule has 0 radical (unpaired) electrons. The van der Waals surface area contributed by atoms with Gasteiger partial charge >= 0.3 is 22.1 Å². The Morgan fingerprint density at radius 1 is 0.727 bits per heavy atom. The van der Waals surface area contributed by atoms with Gasteiger partial charge in [0.05, 0.1) is 11.1 Å². The zero-order valence-corrected chi connectivity index (χ0v) is 17.5. The van der Waals surface area contributed by atoms with Gasteiger partial charge in [-0.2, -0.15) is 8.42 Å². The number of rotatable bonds is 5. The number of hydrogen-bond donors (Lipinski definition) is 2. The second-order valence-corrected chi connectivity index (χ2v) is 8.76. The van der Waals surface area contributed by atoms with Crippen LogP contribution in [0.5, 0.6) is 5.75 Å². The summed E-state index contributed by atoms with van der Waals surface area (Å²) < 4.78 is 37.4. The minimum Gasteiger partial charge on any atom is -0.478 e. The second kappa shape index (κ2) is 7.35. The van der Waals surface area contributed by atoms with E-state index < -0.39 is 22.1 Å². The van der Waals surface area contributed by atoms with E-state index in [9.17, 15) is 28.2 Å². The fourth-order valence-corrected chi connectivity index (χ4v) is 5.00. The lowest BCUT2D eigenvalue weighted by atomic mass is 9.99. The molecule has 33 heavy (non-hydrogen) atoms. The highest BCUT2D eigenvalue weighted by atomic mass is 32.2. The topological polar surface area (TPSA) is 131 Å². The summed E-state index contributed by atoms with van der Waals surface area (Å²) in [5.74, 6) is -2.73. The average Bonchev–Trinajstić information content (AvgIpc) is 3.15. The van der Waals surface area contributed by atoms with Gasteiger partial charge in [-0.3, -0.25) is 0 Å². The third-order valence-electron chi connectivity index (χ3n) is 5.28. The number of carboxylic acid groups (broad SMARTS) is 2. The quantitative estimate of drug-likeness (QED) is 0.353. The van der Waals surface area contributed by atoms with Gasteiger partial charge < -0.3 is 18.8 Å². The molecule has 1 aromatic heterocycles. The Bertz CT molecular complexity index is 1690. The van der Waals surface area contributed by atoms with E-state index in [0.717, 1.165) is 17.5 Å². The number of hydrogen-bond acceptors (Lipinski definition) is 6. The smallest absolute Gasteiger partial charge is 0.339 e. The number of carbonyl (C=O) groups is 2. The number of furan rings is 1.